The van der Waals surface area contributed by atoms with Crippen molar-refractivity contribution in [1.29, 1.82) is 0 Å². The van der Waals surface area contributed by atoms with E-state index in [2.05, 4.69) is 0 Å². The minimum Gasteiger partial charge on any atom is -0.507 e. The molecule has 4 nitrogen and oxygen atoms in total. The number of nitrogens with zero attached hydrogens (tertiary/aromatic N) is 1. The zero-order valence-electron chi connectivity index (χ0n) is 10.8. The molecule has 0 atom stereocenters. The van der Waals surface area contributed by atoms with E-state index >= 15 is 0 Å². The first kappa shape index (κ1) is 14.6. The van der Waals surface area contributed by atoms with Gasteiger partial charge in [-0.1, -0.05) is 0 Å². The second-order valence-electron chi connectivity index (χ2n) is 4.91. The van der Waals surface area contributed by atoms with E-state index in [1.165, 1.54) is 0 Å². The second kappa shape index (κ2) is 5.46. The van der Waals surface area contributed by atoms with Gasteiger partial charge in [-0.2, -0.15) is 0 Å². The van der Waals surface area contributed by atoms with Crippen molar-refractivity contribution in [1.82, 2.24) is 4.90 Å². The van der Waals surface area contributed by atoms with Crippen LogP contribution in [0.1, 0.15) is 24.2 Å². The van der Waals surface area contributed by atoms with Gasteiger partial charge in [0.25, 0.3) is 0 Å². The number of phenols is 1. The first-order chi connectivity index (χ1) is 8.27. The lowest BCUT2D eigenvalue weighted by Gasteiger charge is -2.33. The van der Waals surface area contributed by atoms with Crippen molar-refractivity contribution in [3.05, 3.63) is 29.6 Å². The van der Waals surface area contributed by atoms with Crippen LogP contribution >= 0.6 is 0 Å². The Balaban J connectivity index is 2.86. The Hall–Kier alpha value is -1.46. The van der Waals surface area contributed by atoms with Crippen LogP contribution in [0, 0.1) is 5.82 Å². The van der Waals surface area contributed by atoms with Crippen LogP contribution in [-0.2, 0) is 0 Å². The maximum Gasteiger partial charge on any atom is 0.180 e. The summed E-state index contributed by atoms with van der Waals surface area (Å²) >= 11 is 0. The van der Waals surface area contributed by atoms with Crippen molar-refractivity contribution in [2.24, 2.45) is 0 Å². The number of likely N-dealkylation sites (N-methyl/N-ethyl adjacent to an activating group) is 1. The highest BCUT2D eigenvalue weighted by molar-refractivity contribution is 6.00. The van der Waals surface area contributed by atoms with Gasteiger partial charge in [-0.15, -0.1) is 0 Å². The largest absolute Gasteiger partial charge is 0.507 e. The molecule has 1 aromatic rings. The fourth-order valence-corrected chi connectivity index (χ4v) is 1.37. The van der Waals surface area contributed by atoms with Crippen LogP contribution < -0.4 is 0 Å². The standard InChI is InChI=1S/C13H18FNO3/c1-13(2,8-16)15(3)7-12(18)10-6-9(14)4-5-11(10)17/h4-6,16-17H,7-8H2,1-3H3. The first-order valence-corrected chi connectivity index (χ1v) is 5.62. The number of Topliss-reactive ketones (excluding diaryl/α,β-unsaturated/α-hetero) is 1. The number of rotatable bonds is 5. The Morgan fingerprint density at radius 2 is 2.06 bits per heavy atom. The van der Waals surface area contributed by atoms with Gasteiger partial charge in [0, 0.05) is 5.54 Å². The highest BCUT2D eigenvalue weighted by Crippen LogP contribution is 2.20. The number of halogens is 1. The van der Waals surface area contributed by atoms with Crippen LogP contribution in [-0.4, -0.2) is 46.6 Å². The van der Waals surface area contributed by atoms with Gasteiger partial charge in [0.2, 0.25) is 0 Å². The lowest BCUT2D eigenvalue weighted by Crippen LogP contribution is -2.46. The van der Waals surface area contributed by atoms with Gasteiger partial charge in [-0.3, -0.25) is 9.69 Å². The van der Waals surface area contributed by atoms with Crippen LogP contribution in [0.15, 0.2) is 18.2 Å². The lowest BCUT2D eigenvalue weighted by atomic mass is 10.0. The predicted octanol–water partition coefficient (Wildman–Crippen LogP) is 1.42. The predicted molar refractivity (Wildman–Crippen MR) is 66.2 cm³/mol. The second-order valence-corrected chi connectivity index (χ2v) is 4.91. The Bertz CT molecular complexity index is 446. The third kappa shape index (κ3) is 3.27. The van der Waals surface area contributed by atoms with Crippen molar-refractivity contribution in [3.63, 3.8) is 0 Å². The number of hydrogen-bond acceptors (Lipinski definition) is 4. The van der Waals surface area contributed by atoms with Gasteiger partial charge >= 0.3 is 0 Å². The van der Waals surface area contributed by atoms with E-state index in [1.54, 1.807) is 25.8 Å². The normalized spacial score (nSPS) is 11.9. The van der Waals surface area contributed by atoms with E-state index < -0.39 is 17.1 Å². The van der Waals surface area contributed by atoms with Crippen molar-refractivity contribution >= 4 is 5.78 Å². The molecule has 0 aliphatic heterocycles. The summed E-state index contributed by atoms with van der Waals surface area (Å²) in [7, 11) is 1.68. The minimum absolute atomic E-state index is 0.00935. The van der Waals surface area contributed by atoms with Gasteiger partial charge in [0.05, 0.1) is 18.7 Å². The molecule has 18 heavy (non-hydrogen) atoms. The number of aromatic hydroxyl groups is 1. The van der Waals surface area contributed by atoms with Gasteiger partial charge in [0.1, 0.15) is 11.6 Å². The molecule has 0 fully saturated rings. The number of aliphatic hydroxyl groups excluding tert-OH is 1. The third-order valence-corrected chi connectivity index (χ3v) is 3.06. The summed E-state index contributed by atoms with van der Waals surface area (Å²) in [6.45, 7) is 3.45. The number of ketones is 1. The molecule has 100 valence electrons. The lowest BCUT2D eigenvalue weighted by molar-refractivity contribution is 0.0657. The number of aliphatic hydroxyl groups is 1. The number of benzene rings is 1. The molecule has 1 aromatic carbocycles. The molecule has 0 heterocycles. The summed E-state index contributed by atoms with van der Waals surface area (Å²) in [6.07, 6.45) is 0. The summed E-state index contributed by atoms with van der Waals surface area (Å²) in [5, 5.41) is 18.7. The Morgan fingerprint density at radius 3 is 2.61 bits per heavy atom. The minimum atomic E-state index is -0.569. The molecular formula is C13H18FNO3. The quantitative estimate of drug-likeness (QED) is 0.781. The SMILES string of the molecule is CN(CC(=O)c1cc(F)ccc1O)C(C)(C)CO. The average Bonchev–Trinajstić information content (AvgIpc) is 2.31. The molecule has 0 bridgehead atoms. The Kier molecular flexibility index (Phi) is 4.43. The molecule has 0 aromatic heterocycles. The fourth-order valence-electron chi connectivity index (χ4n) is 1.37. The maximum absolute atomic E-state index is 13.0. The molecular weight excluding hydrogens is 237 g/mol. The maximum atomic E-state index is 13.0. The van der Waals surface area contributed by atoms with Crippen LogP contribution in [0.25, 0.3) is 0 Å². The fraction of sp³-hybridized carbons (Fsp3) is 0.462. The smallest absolute Gasteiger partial charge is 0.180 e. The van der Waals surface area contributed by atoms with E-state index in [4.69, 9.17) is 0 Å². The van der Waals surface area contributed by atoms with E-state index in [9.17, 15) is 19.4 Å². The molecule has 0 aliphatic rings. The van der Waals surface area contributed by atoms with E-state index in [-0.39, 0.29) is 24.5 Å². The van der Waals surface area contributed by atoms with Crippen LogP contribution in [0.3, 0.4) is 0 Å². The molecule has 5 heteroatoms. The molecule has 0 radical (unpaired) electrons. The number of hydrogen-bond donors (Lipinski definition) is 2. The number of phenolic OH excluding ortho intramolecular Hbond substituents is 1. The summed E-state index contributed by atoms with van der Waals surface area (Å²) in [5.74, 6) is -1.20. The number of carbonyl (C=O) groups excluding carboxylic acids is 1. The molecule has 1 rings (SSSR count). The van der Waals surface area contributed by atoms with Crippen LogP contribution in [0.5, 0.6) is 5.75 Å². The number of carbonyl (C=O) groups is 1. The third-order valence-electron chi connectivity index (χ3n) is 3.06. The molecule has 0 saturated carbocycles. The van der Waals surface area contributed by atoms with Crippen LogP contribution in [0.4, 0.5) is 4.39 Å². The van der Waals surface area contributed by atoms with Crippen molar-refractivity contribution in [2.45, 2.75) is 19.4 Å². The van der Waals surface area contributed by atoms with Gasteiger partial charge in [0.15, 0.2) is 5.78 Å². The zero-order chi connectivity index (χ0) is 13.9. The molecule has 0 aliphatic carbocycles. The van der Waals surface area contributed by atoms with Crippen molar-refractivity contribution in [2.75, 3.05) is 20.2 Å². The van der Waals surface area contributed by atoms with E-state index in [0.717, 1.165) is 18.2 Å². The van der Waals surface area contributed by atoms with E-state index in [0.29, 0.717) is 0 Å². The molecule has 0 amide bonds. The summed E-state index contributed by atoms with van der Waals surface area (Å²) in [6, 6.07) is 3.25. The van der Waals surface area contributed by atoms with Gasteiger partial charge in [-0.05, 0) is 39.1 Å². The van der Waals surface area contributed by atoms with Crippen LogP contribution in [0.2, 0.25) is 0 Å². The summed E-state index contributed by atoms with van der Waals surface area (Å²) < 4.78 is 13.0. The van der Waals surface area contributed by atoms with Gasteiger partial charge < -0.3 is 10.2 Å². The highest BCUT2D eigenvalue weighted by atomic mass is 19.1. The Morgan fingerprint density at radius 1 is 1.44 bits per heavy atom. The zero-order valence-corrected chi connectivity index (χ0v) is 10.8. The summed E-state index contributed by atoms with van der Waals surface area (Å²) in [5.41, 5.74) is -0.603. The van der Waals surface area contributed by atoms with Crippen molar-refractivity contribution < 1.29 is 19.4 Å². The first-order valence-electron chi connectivity index (χ1n) is 5.62. The topological polar surface area (TPSA) is 60.8 Å². The Labute approximate surface area is 106 Å². The monoisotopic (exact) mass is 255 g/mol. The van der Waals surface area contributed by atoms with Crippen molar-refractivity contribution in [3.8, 4) is 5.75 Å². The van der Waals surface area contributed by atoms with Gasteiger partial charge in [-0.25, -0.2) is 4.39 Å². The highest BCUT2D eigenvalue weighted by Gasteiger charge is 2.25. The molecule has 0 unspecified atom stereocenters. The molecule has 2 N–H and O–H groups in total. The molecule has 0 spiro atoms. The van der Waals surface area contributed by atoms with E-state index in [1.807, 2.05) is 0 Å². The molecule has 0 saturated heterocycles. The summed E-state index contributed by atoms with van der Waals surface area (Å²) in [4.78, 5) is 13.6. The average molecular weight is 255 g/mol.